The molecule has 0 N–H and O–H groups in total. The minimum Gasteiger partial charge on any atom is -0.280 e. The molecule has 0 saturated heterocycles. The van der Waals surface area contributed by atoms with Gasteiger partial charge in [0.15, 0.2) is 5.65 Å². The molecule has 2 heterocycles. The molecule has 0 aliphatic heterocycles. The molecule has 134 valence electrons. The first-order chi connectivity index (χ1) is 12.5. The second kappa shape index (κ2) is 6.35. The molecule has 26 heavy (non-hydrogen) atoms. The maximum atomic E-state index is 13.4. The third-order valence-corrected chi connectivity index (χ3v) is 5.54. The molecule has 1 saturated carbocycles. The van der Waals surface area contributed by atoms with Crippen LogP contribution >= 0.6 is 11.8 Å². The smallest absolute Gasteiger partial charge is 0.280 e. The summed E-state index contributed by atoms with van der Waals surface area (Å²) in [5.41, 5.74) is 0.337. The lowest BCUT2D eigenvalue weighted by Crippen LogP contribution is -2.37. The van der Waals surface area contributed by atoms with Crippen molar-refractivity contribution in [1.82, 2.24) is 19.1 Å². The van der Waals surface area contributed by atoms with Gasteiger partial charge < -0.3 is 0 Å². The summed E-state index contributed by atoms with van der Waals surface area (Å²) in [6.07, 6.45) is 2.02. The van der Waals surface area contributed by atoms with Gasteiger partial charge in [-0.15, -0.1) is 11.8 Å². The Morgan fingerprint density at radius 1 is 1.19 bits per heavy atom. The molecule has 0 unspecified atom stereocenters. The van der Waals surface area contributed by atoms with Crippen LogP contribution in [0.2, 0.25) is 0 Å². The van der Waals surface area contributed by atoms with Gasteiger partial charge in [-0.05, 0) is 30.5 Å². The lowest BCUT2D eigenvalue weighted by molar-refractivity contribution is 0.626. The molecule has 3 aromatic rings. The molecule has 1 aliphatic carbocycles. The largest absolute Gasteiger partial charge is 0.332 e. The quantitative estimate of drug-likeness (QED) is 0.519. The van der Waals surface area contributed by atoms with E-state index in [0.717, 1.165) is 23.0 Å². The number of thioether (sulfide) groups is 1. The molecule has 0 radical (unpaired) electrons. The summed E-state index contributed by atoms with van der Waals surface area (Å²) in [4.78, 5) is 34.0. The third kappa shape index (κ3) is 2.94. The Bertz CT molecular complexity index is 1130. The van der Waals surface area contributed by atoms with Crippen molar-refractivity contribution >= 4 is 22.8 Å². The maximum absolute atomic E-state index is 13.4. The van der Waals surface area contributed by atoms with Crippen LogP contribution in [-0.4, -0.2) is 19.1 Å². The Kier molecular flexibility index (Phi) is 4.14. The van der Waals surface area contributed by atoms with E-state index in [-0.39, 0.29) is 11.7 Å². The number of aryl methyl sites for hydroxylation is 1. The molecular formula is C18H17FN4O2S. The van der Waals surface area contributed by atoms with E-state index in [1.807, 2.05) is 6.07 Å². The topological polar surface area (TPSA) is 69.8 Å². The Morgan fingerprint density at radius 2 is 1.96 bits per heavy atom. The van der Waals surface area contributed by atoms with E-state index >= 15 is 0 Å². The van der Waals surface area contributed by atoms with Crippen molar-refractivity contribution in [3.63, 3.8) is 0 Å². The number of fused-ring (bicyclic) bond motifs is 1. The molecule has 4 rings (SSSR count). The van der Waals surface area contributed by atoms with Crippen LogP contribution in [0, 0.1) is 5.82 Å². The van der Waals surface area contributed by atoms with Gasteiger partial charge in [0, 0.05) is 25.8 Å². The van der Waals surface area contributed by atoms with Gasteiger partial charge in [0.05, 0.1) is 0 Å². The lowest BCUT2D eigenvalue weighted by Gasteiger charge is -2.11. The first-order valence-electron chi connectivity index (χ1n) is 8.30. The van der Waals surface area contributed by atoms with Gasteiger partial charge in [0.2, 0.25) is 0 Å². The molecule has 0 atom stereocenters. The first kappa shape index (κ1) is 17.0. The predicted octanol–water partition coefficient (Wildman–Crippen LogP) is 2.34. The van der Waals surface area contributed by atoms with Crippen LogP contribution in [0.1, 0.15) is 30.1 Å². The van der Waals surface area contributed by atoms with Crippen molar-refractivity contribution in [3.05, 3.63) is 62.3 Å². The Morgan fingerprint density at radius 3 is 2.65 bits per heavy atom. The second-order valence-electron chi connectivity index (χ2n) is 6.48. The highest BCUT2D eigenvalue weighted by Crippen LogP contribution is 2.39. The second-order valence-corrected chi connectivity index (χ2v) is 7.45. The number of aromatic nitrogens is 4. The van der Waals surface area contributed by atoms with Gasteiger partial charge in [0.1, 0.15) is 22.1 Å². The van der Waals surface area contributed by atoms with Crippen molar-refractivity contribution in [3.8, 4) is 0 Å². The zero-order valence-corrected chi connectivity index (χ0v) is 15.2. The van der Waals surface area contributed by atoms with E-state index in [0.29, 0.717) is 27.6 Å². The fraction of sp³-hybridized carbons (Fsp3) is 0.333. The lowest BCUT2D eigenvalue weighted by atomic mass is 10.2. The van der Waals surface area contributed by atoms with Crippen LogP contribution in [0.5, 0.6) is 0 Å². The standard InChI is InChI=1S/C18H17FN4O2S/c1-22-15-13(17(24)23(2)18(22)25)16(21-14(20-15)11-6-7-11)26-9-10-4-3-5-12(19)8-10/h3-5,8,11H,6-7,9H2,1-2H3. The van der Waals surface area contributed by atoms with E-state index < -0.39 is 11.2 Å². The molecule has 0 bridgehead atoms. The van der Waals surface area contributed by atoms with Crippen molar-refractivity contribution in [2.24, 2.45) is 14.1 Å². The minimum absolute atomic E-state index is 0.284. The van der Waals surface area contributed by atoms with Crippen LogP contribution in [0.25, 0.3) is 11.0 Å². The van der Waals surface area contributed by atoms with Crippen LogP contribution in [0.4, 0.5) is 4.39 Å². The summed E-state index contributed by atoms with van der Waals surface area (Å²) < 4.78 is 15.9. The summed E-state index contributed by atoms with van der Waals surface area (Å²) in [7, 11) is 3.05. The summed E-state index contributed by atoms with van der Waals surface area (Å²) >= 11 is 1.36. The van der Waals surface area contributed by atoms with Gasteiger partial charge in [-0.1, -0.05) is 12.1 Å². The van der Waals surface area contributed by atoms with Crippen LogP contribution in [-0.2, 0) is 19.8 Å². The van der Waals surface area contributed by atoms with E-state index in [9.17, 15) is 14.0 Å². The highest BCUT2D eigenvalue weighted by atomic mass is 32.2. The van der Waals surface area contributed by atoms with Crippen LogP contribution in [0.3, 0.4) is 0 Å². The maximum Gasteiger partial charge on any atom is 0.332 e. The van der Waals surface area contributed by atoms with E-state index in [1.165, 1.54) is 35.5 Å². The third-order valence-electron chi connectivity index (χ3n) is 4.49. The summed E-state index contributed by atoms with van der Waals surface area (Å²) in [6.45, 7) is 0. The molecule has 1 aromatic carbocycles. The fourth-order valence-electron chi connectivity index (χ4n) is 2.85. The molecule has 1 aliphatic rings. The van der Waals surface area contributed by atoms with Gasteiger partial charge in [0.25, 0.3) is 5.56 Å². The first-order valence-corrected chi connectivity index (χ1v) is 9.29. The van der Waals surface area contributed by atoms with Crippen LogP contribution in [0.15, 0.2) is 38.9 Å². The minimum atomic E-state index is -0.413. The number of nitrogens with zero attached hydrogens (tertiary/aromatic N) is 4. The van der Waals surface area contributed by atoms with Gasteiger partial charge in [-0.2, -0.15) is 0 Å². The van der Waals surface area contributed by atoms with Gasteiger partial charge in [-0.25, -0.2) is 19.2 Å². The molecular weight excluding hydrogens is 355 g/mol. The van der Waals surface area contributed by atoms with Crippen molar-refractivity contribution in [1.29, 1.82) is 0 Å². The van der Waals surface area contributed by atoms with Crippen LogP contribution < -0.4 is 11.2 Å². The summed E-state index contributed by atoms with van der Waals surface area (Å²) in [5, 5.41) is 0.873. The normalized spacial score (nSPS) is 14.1. The Balaban J connectivity index is 1.86. The summed E-state index contributed by atoms with van der Waals surface area (Å²) in [5.74, 6) is 1.13. The average molecular weight is 372 g/mol. The number of rotatable bonds is 4. The number of hydrogen-bond donors (Lipinski definition) is 0. The summed E-state index contributed by atoms with van der Waals surface area (Å²) in [6, 6.07) is 6.34. The van der Waals surface area contributed by atoms with Crippen molar-refractivity contribution < 1.29 is 4.39 Å². The highest BCUT2D eigenvalue weighted by molar-refractivity contribution is 7.98. The zero-order chi connectivity index (χ0) is 18.4. The Labute approximate surface area is 152 Å². The van der Waals surface area contributed by atoms with E-state index in [4.69, 9.17) is 0 Å². The van der Waals surface area contributed by atoms with Gasteiger partial charge in [-0.3, -0.25) is 13.9 Å². The monoisotopic (exact) mass is 372 g/mol. The highest BCUT2D eigenvalue weighted by Gasteiger charge is 2.29. The Hall–Kier alpha value is -2.48. The van der Waals surface area contributed by atoms with E-state index in [1.54, 1.807) is 13.1 Å². The average Bonchev–Trinajstić information content (AvgIpc) is 3.47. The predicted molar refractivity (Wildman–Crippen MR) is 98.0 cm³/mol. The van der Waals surface area contributed by atoms with Crippen molar-refractivity contribution in [2.45, 2.75) is 29.5 Å². The molecule has 8 heteroatoms. The molecule has 0 spiro atoms. The van der Waals surface area contributed by atoms with E-state index in [2.05, 4.69) is 9.97 Å². The number of benzene rings is 1. The number of halogens is 1. The fourth-order valence-corrected chi connectivity index (χ4v) is 3.82. The molecule has 6 nitrogen and oxygen atoms in total. The number of hydrogen-bond acceptors (Lipinski definition) is 5. The zero-order valence-electron chi connectivity index (χ0n) is 14.4. The van der Waals surface area contributed by atoms with Gasteiger partial charge >= 0.3 is 5.69 Å². The molecule has 0 amide bonds. The van der Waals surface area contributed by atoms with Crippen molar-refractivity contribution in [2.75, 3.05) is 0 Å². The molecule has 2 aromatic heterocycles. The molecule has 1 fully saturated rings. The SMILES string of the molecule is Cn1c(=O)c2c(SCc3cccc(F)c3)nc(C3CC3)nc2n(C)c1=O.